The number of benzene rings is 3. The van der Waals surface area contributed by atoms with Gasteiger partial charge >= 0.3 is 0 Å². The van der Waals surface area contributed by atoms with Gasteiger partial charge in [0, 0.05) is 24.6 Å². The summed E-state index contributed by atoms with van der Waals surface area (Å²) in [5.74, 6) is 2.02. The number of carbonyl (C=O) groups excluding carboxylic acids is 1. The molecule has 1 unspecified atom stereocenters. The van der Waals surface area contributed by atoms with E-state index in [9.17, 15) is 4.79 Å². The van der Waals surface area contributed by atoms with Gasteiger partial charge in [-0.05, 0) is 60.7 Å². The van der Waals surface area contributed by atoms with Crippen LogP contribution in [0.15, 0.2) is 66.7 Å². The number of hydrogen-bond acceptors (Lipinski definition) is 3. The lowest BCUT2D eigenvalue weighted by Gasteiger charge is -2.20. The number of amides is 1. The van der Waals surface area contributed by atoms with Crippen LogP contribution >= 0.6 is 0 Å². The number of aromatic nitrogens is 2. The van der Waals surface area contributed by atoms with Crippen LogP contribution in [0, 0.1) is 13.8 Å². The molecule has 186 valence electrons. The van der Waals surface area contributed by atoms with Crippen molar-refractivity contribution in [2.45, 2.75) is 58.9 Å². The smallest absolute Gasteiger partial charge is 0.227 e. The van der Waals surface area contributed by atoms with Gasteiger partial charge in [-0.3, -0.25) is 4.79 Å². The molecule has 5 heteroatoms. The Bertz CT molecular complexity index is 1400. The van der Waals surface area contributed by atoms with Gasteiger partial charge in [0.1, 0.15) is 18.2 Å². The number of rotatable bonds is 6. The maximum Gasteiger partial charge on any atom is 0.227 e. The molecule has 0 bridgehead atoms. The Morgan fingerprint density at radius 1 is 1.00 bits per heavy atom. The molecular weight excluding hydrogens is 446 g/mol. The lowest BCUT2D eigenvalue weighted by Crippen LogP contribution is -2.25. The molecule has 0 saturated carbocycles. The van der Waals surface area contributed by atoms with E-state index >= 15 is 0 Å². The van der Waals surface area contributed by atoms with Gasteiger partial charge in [-0.2, -0.15) is 0 Å². The van der Waals surface area contributed by atoms with Crippen LogP contribution in [0.25, 0.3) is 11.0 Å². The van der Waals surface area contributed by atoms with Gasteiger partial charge in [0.2, 0.25) is 5.91 Å². The Hall–Kier alpha value is -3.60. The van der Waals surface area contributed by atoms with Crippen LogP contribution in [0.1, 0.15) is 55.6 Å². The van der Waals surface area contributed by atoms with E-state index in [2.05, 4.69) is 75.6 Å². The van der Waals surface area contributed by atoms with Gasteiger partial charge in [-0.25, -0.2) is 4.98 Å². The largest absolute Gasteiger partial charge is 0.492 e. The van der Waals surface area contributed by atoms with Gasteiger partial charge in [0.15, 0.2) is 0 Å². The van der Waals surface area contributed by atoms with E-state index in [0.29, 0.717) is 26.1 Å². The van der Waals surface area contributed by atoms with Crippen molar-refractivity contribution in [3.8, 4) is 5.75 Å². The Kier molecular flexibility index (Phi) is 6.33. The van der Waals surface area contributed by atoms with Crippen LogP contribution in [-0.4, -0.2) is 28.6 Å². The fourth-order valence-electron chi connectivity index (χ4n) is 5.17. The number of hydrogen-bond donors (Lipinski definition) is 0. The minimum Gasteiger partial charge on any atom is -0.492 e. The molecule has 1 aliphatic rings. The standard InChI is InChI=1S/C31H35N3O2/c1-21-10-15-27(22(2)18-21)34-20-23(19-29(34)35)30-32-26-8-6-7-9-28(26)33(30)16-17-36-25-13-11-24(12-14-25)31(3,4)5/h6-15,18,23H,16-17,19-20H2,1-5H3. The highest BCUT2D eigenvalue weighted by atomic mass is 16.5. The molecule has 1 amide bonds. The molecule has 0 radical (unpaired) electrons. The summed E-state index contributed by atoms with van der Waals surface area (Å²) in [6.07, 6.45) is 0.464. The van der Waals surface area contributed by atoms with E-state index in [1.807, 2.05) is 35.2 Å². The molecule has 2 heterocycles. The lowest BCUT2D eigenvalue weighted by atomic mass is 9.87. The van der Waals surface area contributed by atoms with Crippen molar-refractivity contribution in [2.75, 3.05) is 18.1 Å². The first-order chi connectivity index (χ1) is 17.2. The van der Waals surface area contributed by atoms with Crippen molar-refractivity contribution in [3.63, 3.8) is 0 Å². The van der Waals surface area contributed by atoms with Crippen LogP contribution in [0.5, 0.6) is 5.75 Å². The minimum absolute atomic E-state index is 0.0386. The highest BCUT2D eigenvalue weighted by molar-refractivity contribution is 5.97. The van der Waals surface area contributed by atoms with Crippen LogP contribution in [0.2, 0.25) is 0 Å². The molecule has 1 aromatic heterocycles. The predicted molar refractivity (Wildman–Crippen MR) is 146 cm³/mol. The second-order valence-corrected chi connectivity index (χ2v) is 10.9. The molecule has 0 aliphatic carbocycles. The zero-order valence-corrected chi connectivity index (χ0v) is 21.9. The summed E-state index contributed by atoms with van der Waals surface area (Å²) in [5, 5.41) is 0. The van der Waals surface area contributed by atoms with E-state index in [1.165, 1.54) is 11.1 Å². The number of para-hydroxylation sites is 2. The van der Waals surface area contributed by atoms with Crippen molar-refractivity contribution in [2.24, 2.45) is 0 Å². The second-order valence-electron chi connectivity index (χ2n) is 10.9. The maximum atomic E-state index is 13.1. The zero-order chi connectivity index (χ0) is 25.4. The minimum atomic E-state index is 0.0386. The molecule has 0 spiro atoms. The normalized spacial score (nSPS) is 16.2. The maximum absolute atomic E-state index is 13.1. The number of ether oxygens (including phenoxy) is 1. The highest BCUT2D eigenvalue weighted by Crippen LogP contribution is 2.35. The molecule has 5 rings (SSSR count). The Balaban J connectivity index is 1.36. The van der Waals surface area contributed by atoms with Crippen molar-refractivity contribution in [1.29, 1.82) is 0 Å². The summed E-state index contributed by atoms with van der Waals surface area (Å²) >= 11 is 0. The molecule has 0 N–H and O–H groups in total. The number of aryl methyl sites for hydroxylation is 2. The molecule has 4 aromatic rings. The number of nitrogens with zero attached hydrogens (tertiary/aromatic N) is 3. The third-order valence-corrected chi connectivity index (χ3v) is 7.12. The van der Waals surface area contributed by atoms with Gasteiger partial charge in [-0.15, -0.1) is 0 Å². The summed E-state index contributed by atoms with van der Waals surface area (Å²) in [6, 6.07) is 22.8. The fraction of sp³-hybridized carbons (Fsp3) is 0.355. The van der Waals surface area contributed by atoms with E-state index in [0.717, 1.165) is 33.9 Å². The van der Waals surface area contributed by atoms with Crippen LogP contribution < -0.4 is 9.64 Å². The number of imidazole rings is 1. The van der Waals surface area contributed by atoms with Crippen LogP contribution in [-0.2, 0) is 16.8 Å². The Morgan fingerprint density at radius 2 is 1.75 bits per heavy atom. The molecule has 1 saturated heterocycles. The highest BCUT2D eigenvalue weighted by Gasteiger charge is 2.35. The van der Waals surface area contributed by atoms with Crippen LogP contribution in [0.3, 0.4) is 0 Å². The van der Waals surface area contributed by atoms with Gasteiger partial charge in [-0.1, -0.05) is 62.7 Å². The monoisotopic (exact) mass is 481 g/mol. The molecule has 3 aromatic carbocycles. The predicted octanol–water partition coefficient (Wildman–Crippen LogP) is 6.55. The van der Waals surface area contributed by atoms with E-state index in [-0.39, 0.29) is 17.2 Å². The average molecular weight is 482 g/mol. The summed E-state index contributed by atoms with van der Waals surface area (Å²) in [7, 11) is 0. The summed E-state index contributed by atoms with van der Waals surface area (Å²) in [6.45, 7) is 12.6. The lowest BCUT2D eigenvalue weighted by molar-refractivity contribution is -0.117. The molecule has 5 nitrogen and oxygen atoms in total. The first-order valence-electron chi connectivity index (χ1n) is 12.8. The molecule has 1 fully saturated rings. The summed E-state index contributed by atoms with van der Waals surface area (Å²) < 4.78 is 8.36. The quantitative estimate of drug-likeness (QED) is 0.314. The van der Waals surface area contributed by atoms with E-state index in [1.54, 1.807) is 0 Å². The SMILES string of the molecule is Cc1ccc(N2CC(c3nc4ccccc4n3CCOc3ccc(C(C)(C)C)cc3)CC2=O)c(C)c1. The van der Waals surface area contributed by atoms with Crippen molar-refractivity contribution >= 4 is 22.6 Å². The van der Waals surface area contributed by atoms with Gasteiger partial charge < -0.3 is 14.2 Å². The third kappa shape index (κ3) is 4.75. The fourth-order valence-corrected chi connectivity index (χ4v) is 5.17. The zero-order valence-electron chi connectivity index (χ0n) is 21.9. The van der Waals surface area contributed by atoms with E-state index in [4.69, 9.17) is 9.72 Å². The number of fused-ring (bicyclic) bond motifs is 1. The number of anilines is 1. The Labute approximate surface area is 213 Å². The molecule has 36 heavy (non-hydrogen) atoms. The van der Waals surface area contributed by atoms with Crippen molar-refractivity contribution < 1.29 is 9.53 Å². The van der Waals surface area contributed by atoms with Gasteiger partial charge in [0.05, 0.1) is 17.6 Å². The van der Waals surface area contributed by atoms with E-state index < -0.39 is 0 Å². The topological polar surface area (TPSA) is 47.4 Å². The Morgan fingerprint density at radius 3 is 2.47 bits per heavy atom. The van der Waals surface area contributed by atoms with Crippen molar-refractivity contribution in [3.05, 3.63) is 89.2 Å². The molecule has 1 atom stereocenters. The summed E-state index contributed by atoms with van der Waals surface area (Å²) in [4.78, 5) is 20.0. The third-order valence-electron chi connectivity index (χ3n) is 7.12. The first-order valence-corrected chi connectivity index (χ1v) is 12.8. The van der Waals surface area contributed by atoms with Crippen LogP contribution in [0.4, 0.5) is 5.69 Å². The molecule has 1 aliphatic heterocycles. The summed E-state index contributed by atoms with van der Waals surface area (Å²) in [5.41, 5.74) is 6.77. The average Bonchev–Trinajstić information content (AvgIpc) is 3.39. The first kappa shape index (κ1) is 24.1. The van der Waals surface area contributed by atoms with Gasteiger partial charge in [0.25, 0.3) is 0 Å². The molecular formula is C31H35N3O2. The number of carbonyl (C=O) groups is 1. The van der Waals surface area contributed by atoms with Crippen molar-refractivity contribution in [1.82, 2.24) is 9.55 Å². The second kappa shape index (κ2) is 9.45.